The number of nitrogens with zero attached hydrogens (tertiary/aromatic N) is 1. The van der Waals surface area contributed by atoms with Crippen molar-refractivity contribution in [2.45, 2.75) is 6.92 Å². The van der Waals surface area contributed by atoms with Gasteiger partial charge in [-0.25, -0.2) is 0 Å². The molecule has 0 N–H and O–H groups in total. The molecule has 6 nitrogen and oxygen atoms in total. The number of nitro benzene ring substituents is 1. The lowest BCUT2D eigenvalue weighted by Crippen LogP contribution is -1.98. The van der Waals surface area contributed by atoms with Gasteiger partial charge in [0, 0.05) is 17.2 Å². The normalized spacial score (nSPS) is 9.95. The van der Waals surface area contributed by atoms with Gasteiger partial charge in [0.25, 0.3) is 0 Å². The van der Waals surface area contributed by atoms with E-state index in [4.69, 9.17) is 4.74 Å². The molecule has 0 aromatic heterocycles. The van der Waals surface area contributed by atoms with Gasteiger partial charge in [-0.1, -0.05) is 12.1 Å². The lowest BCUT2D eigenvalue weighted by atomic mass is 10.1. The van der Waals surface area contributed by atoms with Gasteiger partial charge in [-0.05, 0) is 31.2 Å². The number of ether oxygens (including phenoxy) is 1. The molecule has 6 heteroatoms. The summed E-state index contributed by atoms with van der Waals surface area (Å²) in [7, 11) is 0. The number of rotatable bonds is 5. The quantitative estimate of drug-likeness (QED) is 0.363. The Morgan fingerprint density at radius 2 is 2.00 bits per heavy atom. The van der Waals surface area contributed by atoms with Crippen molar-refractivity contribution in [3.63, 3.8) is 0 Å². The van der Waals surface area contributed by atoms with E-state index >= 15 is 0 Å². The molecule has 106 valence electrons. The van der Waals surface area contributed by atoms with Crippen LogP contribution in [0.5, 0.6) is 11.5 Å². The smallest absolute Gasteiger partial charge is 0.312 e. The van der Waals surface area contributed by atoms with Crippen molar-refractivity contribution in [2.75, 3.05) is 0 Å². The van der Waals surface area contributed by atoms with Gasteiger partial charge < -0.3 is 4.74 Å². The summed E-state index contributed by atoms with van der Waals surface area (Å²) >= 11 is 0. The van der Waals surface area contributed by atoms with Gasteiger partial charge in [0.2, 0.25) is 5.75 Å². The van der Waals surface area contributed by atoms with Crippen LogP contribution < -0.4 is 4.74 Å². The number of carbonyl (C=O) groups excluding carboxylic acids is 2. The van der Waals surface area contributed by atoms with E-state index in [1.807, 2.05) is 0 Å². The summed E-state index contributed by atoms with van der Waals surface area (Å²) in [6, 6.07) is 10.2. The first kappa shape index (κ1) is 14.4. The van der Waals surface area contributed by atoms with E-state index < -0.39 is 4.92 Å². The lowest BCUT2D eigenvalue weighted by molar-refractivity contribution is -0.385. The Balaban J connectivity index is 2.41. The molecular formula is C15H11NO5. The Kier molecular flexibility index (Phi) is 4.08. The topological polar surface area (TPSA) is 86.5 Å². The molecule has 0 aliphatic rings. The summed E-state index contributed by atoms with van der Waals surface area (Å²) in [5, 5.41) is 11.1. The zero-order valence-electron chi connectivity index (χ0n) is 11.1. The van der Waals surface area contributed by atoms with Gasteiger partial charge in [0.1, 0.15) is 12.0 Å². The highest BCUT2D eigenvalue weighted by atomic mass is 16.6. The molecule has 21 heavy (non-hydrogen) atoms. The van der Waals surface area contributed by atoms with Gasteiger partial charge in [-0.3, -0.25) is 19.7 Å². The van der Waals surface area contributed by atoms with Crippen molar-refractivity contribution in [2.24, 2.45) is 0 Å². The highest BCUT2D eigenvalue weighted by molar-refractivity contribution is 5.95. The number of ketones is 1. The molecule has 0 saturated heterocycles. The number of carbonyl (C=O) groups is 2. The molecule has 0 bridgehead atoms. The molecule has 0 unspecified atom stereocenters. The predicted octanol–water partition coefficient (Wildman–Crippen LogP) is 3.40. The van der Waals surface area contributed by atoms with Crippen molar-refractivity contribution < 1.29 is 19.2 Å². The van der Waals surface area contributed by atoms with Crippen LogP contribution in [0.1, 0.15) is 27.6 Å². The van der Waals surface area contributed by atoms with Crippen molar-refractivity contribution >= 4 is 17.8 Å². The third kappa shape index (κ3) is 3.30. The summed E-state index contributed by atoms with van der Waals surface area (Å²) in [5.74, 6) is 0.0407. The van der Waals surface area contributed by atoms with E-state index in [2.05, 4.69) is 0 Å². The molecule has 0 aliphatic carbocycles. The third-order valence-electron chi connectivity index (χ3n) is 2.78. The van der Waals surface area contributed by atoms with Crippen LogP contribution >= 0.6 is 0 Å². The average molecular weight is 285 g/mol. The first-order chi connectivity index (χ1) is 10.0. The molecule has 2 aromatic carbocycles. The first-order valence-corrected chi connectivity index (χ1v) is 6.03. The largest absolute Gasteiger partial charge is 0.450 e. The molecule has 0 fully saturated rings. The summed E-state index contributed by atoms with van der Waals surface area (Å²) in [4.78, 5) is 32.4. The summed E-state index contributed by atoms with van der Waals surface area (Å²) in [6.45, 7) is 1.33. The summed E-state index contributed by atoms with van der Waals surface area (Å²) in [6.07, 6.45) is 0.653. The molecule has 0 saturated carbocycles. The van der Waals surface area contributed by atoms with E-state index in [1.165, 1.54) is 31.2 Å². The highest BCUT2D eigenvalue weighted by Crippen LogP contribution is 2.32. The Morgan fingerprint density at radius 3 is 2.62 bits per heavy atom. The fourth-order valence-electron chi connectivity index (χ4n) is 1.74. The number of benzene rings is 2. The second-order valence-corrected chi connectivity index (χ2v) is 4.29. The van der Waals surface area contributed by atoms with Gasteiger partial charge in [-0.2, -0.15) is 0 Å². The monoisotopic (exact) mass is 285 g/mol. The predicted molar refractivity (Wildman–Crippen MR) is 75.0 cm³/mol. The zero-order valence-corrected chi connectivity index (χ0v) is 11.1. The number of hydrogen-bond acceptors (Lipinski definition) is 5. The Labute approximate surface area is 120 Å². The Morgan fingerprint density at radius 1 is 1.24 bits per heavy atom. The molecule has 2 rings (SSSR count). The maximum Gasteiger partial charge on any atom is 0.312 e. The molecule has 0 radical (unpaired) electrons. The number of aldehydes is 1. The fourth-order valence-corrected chi connectivity index (χ4v) is 1.74. The number of nitro groups is 1. The summed E-state index contributed by atoms with van der Waals surface area (Å²) in [5.41, 5.74) is 0.324. The molecule has 0 spiro atoms. The first-order valence-electron chi connectivity index (χ1n) is 6.03. The second-order valence-electron chi connectivity index (χ2n) is 4.29. The second kappa shape index (κ2) is 5.96. The lowest BCUT2D eigenvalue weighted by Gasteiger charge is -2.07. The van der Waals surface area contributed by atoms with Gasteiger partial charge in [0.05, 0.1) is 4.92 Å². The number of Topliss-reactive ketones (excluding diaryl/α,β-unsaturated/α-hetero) is 1. The molecule has 0 amide bonds. The van der Waals surface area contributed by atoms with E-state index in [0.717, 1.165) is 0 Å². The van der Waals surface area contributed by atoms with E-state index in [1.54, 1.807) is 18.2 Å². The Bertz CT molecular complexity index is 724. The van der Waals surface area contributed by atoms with Gasteiger partial charge in [-0.15, -0.1) is 0 Å². The molecule has 0 aliphatic heterocycles. The maximum absolute atomic E-state index is 11.3. The van der Waals surface area contributed by atoms with Crippen LogP contribution in [-0.4, -0.2) is 17.0 Å². The van der Waals surface area contributed by atoms with Crippen LogP contribution in [0, 0.1) is 10.1 Å². The standard InChI is InChI=1S/C15H11NO5/c1-10(18)12-5-6-15(14(8-12)16(19)20)21-13-4-2-3-11(7-13)9-17/h2-9H,1H3. The van der Waals surface area contributed by atoms with Gasteiger partial charge >= 0.3 is 5.69 Å². The van der Waals surface area contributed by atoms with Crippen molar-refractivity contribution in [3.8, 4) is 11.5 Å². The van der Waals surface area contributed by atoms with Crippen LogP contribution in [0.4, 0.5) is 5.69 Å². The fraction of sp³-hybridized carbons (Fsp3) is 0.0667. The van der Waals surface area contributed by atoms with Gasteiger partial charge in [0.15, 0.2) is 5.78 Å². The number of hydrogen-bond donors (Lipinski definition) is 0. The van der Waals surface area contributed by atoms with Crippen LogP contribution in [0.3, 0.4) is 0 Å². The minimum Gasteiger partial charge on any atom is -0.450 e. The molecule has 2 aromatic rings. The third-order valence-corrected chi connectivity index (χ3v) is 2.78. The Hall–Kier alpha value is -3.02. The minimum atomic E-state index is -0.620. The molecular weight excluding hydrogens is 274 g/mol. The van der Waals surface area contributed by atoms with Crippen molar-refractivity contribution in [1.82, 2.24) is 0 Å². The molecule has 0 heterocycles. The minimum absolute atomic E-state index is 0.00745. The SMILES string of the molecule is CC(=O)c1ccc(Oc2cccc(C=O)c2)c([N+](=O)[O-])c1. The van der Waals surface area contributed by atoms with E-state index in [9.17, 15) is 19.7 Å². The average Bonchev–Trinajstić information content (AvgIpc) is 2.47. The van der Waals surface area contributed by atoms with E-state index in [0.29, 0.717) is 17.6 Å². The molecule has 0 atom stereocenters. The highest BCUT2D eigenvalue weighted by Gasteiger charge is 2.18. The zero-order chi connectivity index (χ0) is 15.4. The maximum atomic E-state index is 11.3. The van der Waals surface area contributed by atoms with E-state index in [-0.39, 0.29) is 22.8 Å². The summed E-state index contributed by atoms with van der Waals surface area (Å²) < 4.78 is 5.44. The van der Waals surface area contributed by atoms with Crippen LogP contribution in [0.25, 0.3) is 0 Å². The van der Waals surface area contributed by atoms with Crippen LogP contribution in [-0.2, 0) is 0 Å². The van der Waals surface area contributed by atoms with Crippen molar-refractivity contribution in [1.29, 1.82) is 0 Å². The van der Waals surface area contributed by atoms with Crippen molar-refractivity contribution in [3.05, 3.63) is 63.7 Å². The van der Waals surface area contributed by atoms with Crippen LogP contribution in [0.2, 0.25) is 0 Å². The van der Waals surface area contributed by atoms with Crippen LogP contribution in [0.15, 0.2) is 42.5 Å².